The van der Waals surface area contributed by atoms with E-state index < -0.39 is 10.8 Å². The fraction of sp³-hybridized carbons (Fsp3) is 0.176. The molecule has 7 nitrogen and oxygen atoms in total. The largest absolute Gasteiger partial charge is 0.493 e. The van der Waals surface area contributed by atoms with Gasteiger partial charge in [-0.15, -0.1) is 0 Å². The van der Waals surface area contributed by atoms with Gasteiger partial charge in [-0.3, -0.25) is 20.2 Å². The van der Waals surface area contributed by atoms with Crippen molar-refractivity contribution in [1.82, 2.24) is 5.32 Å². The molecular weight excluding hydrogens is 342 g/mol. The SMILES string of the molecule is CCOc1ccccc1C(=O)NC(=S)Nc1ccc([N+](=O)[O-])cc1C. The highest BCUT2D eigenvalue weighted by Gasteiger charge is 2.14. The second-order valence-corrected chi connectivity index (χ2v) is 5.50. The number of hydrogen-bond donors (Lipinski definition) is 2. The minimum absolute atomic E-state index is 0.0105. The molecule has 0 bridgehead atoms. The van der Waals surface area contributed by atoms with Crippen LogP contribution in [0.1, 0.15) is 22.8 Å². The van der Waals surface area contributed by atoms with E-state index in [2.05, 4.69) is 10.6 Å². The Morgan fingerprint density at radius 2 is 2.00 bits per heavy atom. The third-order valence-corrected chi connectivity index (χ3v) is 3.53. The molecule has 0 saturated carbocycles. The van der Waals surface area contributed by atoms with Crippen molar-refractivity contribution in [3.63, 3.8) is 0 Å². The first-order valence-corrected chi connectivity index (χ1v) is 7.92. The third-order valence-electron chi connectivity index (χ3n) is 3.33. The normalized spacial score (nSPS) is 10.0. The van der Waals surface area contributed by atoms with Crippen LogP contribution in [0.5, 0.6) is 5.75 Å². The smallest absolute Gasteiger partial charge is 0.269 e. The first-order chi connectivity index (χ1) is 11.9. The number of anilines is 1. The molecule has 0 fully saturated rings. The Hall–Kier alpha value is -3.00. The number of nitrogens with one attached hydrogen (secondary N) is 2. The third kappa shape index (κ3) is 4.74. The lowest BCUT2D eigenvalue weighted by Crippen LogP contribution is -2.34. The van der Waals surface area contributed by atoms with Gasteiger partial charge >= 0.3 is 0 Å². The van der Waals surface area contributed by atoms with E-state index in [0.717, 1.165) is 0 Å². The van der Waals surface area contributed by atoms with E-state index in [0.29, 0.717) is 29.2 Å². The minimum Gasteiger partial charge on any atom is -0.493 e. The van der Waals surface area contributed by atoms with E-state index in [1.165, 1.54) is 12.1 Å². The van der Waals surface area contributed by atoms with Gasteiger partial charge in [0.25, 0.3) is 11.6 Å². The molecular formula is C17H17N3O4S. The van der Waals surface area contributed by atoms with Crippen molar-refractivity contribution in [2.24, 2.45) is 0 Å². The van der Waals surface area contributed by atoms with Gasteiger partial charge in [0.1, 0.15) is 5.75 Å². The number of rotatable bonds is 5. The van der Waals surface area contributed by atoms with Crippen molar-refractivity contribution >= 4 is 34.6 Å². The van der Waals surface area contributed by atoms with Gasteiger partial charge in [-0.05, 0) is 49.8 Å². The average Bonchev–Trinajstić information content (AvgIpc) is 2.57. The number of aryl methyl sites for hydroxylation is 1. The van der Waals surface area contributed by atoms with Crippen molar-refractivity contribution < 1.29 is 14.5 Å². The first-order valence-electron chi connectivity index (χ1n) is 7.51. The van der Waals surface area contributed by atoms with Crippen LogP contribution >= 0.6 is 12.2 Å². The topological polar surface area (TPSA) is 93.5 Å². The fourth-order valence-electron chi connectivity index (χ4n) is 2.16. The van der Waals surface area contributed by atoms with Crippen LogP contribution < -0.4 is 15.4 Å². The minimum atomic E-state index is -0.471. The van der Waals surface area contributed by atoms with Gasteiger partial charge in [0.05, 0.1) is 17.1 Å². The molecule has 8 heteroatoms. The fourth-order valence-corrected chi connectivity index (χ4v) is 2.36. The Balaban J connectivity index is 2.08. The summed E-state index contributed by atoms with van der Waals surface area (Å²) in [5.41, 5.74) is 1.58. The van der Waals surface area contributed by atoms with Crippen LogP contribution in [0.3, 0.4) is 0 Å². The van der Waals surface area contributed by atoms with E-state index in [4.69, 9.17) is 17.0 Å². The van der Waals surface area contributed by atoms with Crippen LogP contribution in [-0.4, -0.2) is 22.5 Å². The van der Waals surface area contributed by atoms with E-state index in [1.807, 2.05) is 6.92 Å². The van der Waals surface area contributed by atoms with Gasteiger partial charge in [0.2, 0.25) is 0 Å². The van der Waals surface area contributed by atoms with Crippen molar-refractivity contribution in [2.45, 2.75) is 13.8 Å². The lowest BCUT2D eigenvalue weighted by atomic mass is 10.2. The molecule has 130 valence electrons. The molecule has 0 atom stereocenters. The van der Waals surface area contributed by atoms with Crippen LogP contribution in [-0.2, 0) is 0 Å². The Bertz CT molecular complexity index is 823. The molecule has 25 heavy (non-hydrogen) atoms. The highest BCUT2D eigenvalue weighted by molar-refractivity contribution is 7.80. The maximum Gasteiger partial charge on any atom is 0.269 e. The molecule has 2 aromatic carbocycles. The monoisotopic (exact) mass is 359 g/mol. The van der Waals surface area contributed by atoms with Crippen molar-refractivity contribution in [1.29, 1.82) is 0 Å². The summed E-state index contributed by atoms with van der Waals surface area (Å²) in [5, 5.41) is 16.3. The molecule has 0 spiro atoms. The predicted molar refractivity (Wildman–Crippen MR) is 99.1 cm³/mol. The molecule has 0 saturated heterocycles. The van der Waals surface area contributed by atoms with Crippen LogP contribution in [0.2, 0.25) is 0 Å². The van der Waals surface area contributed by atoms with Gasteiger partial charge in [-0.2, -0.15) is 0 Å². The van der Waals surface area contributed by atoms with Gasteiger partial charge in [-0.1, -0.05) is 12.1 Å². The molecule has 0 aliphatic rings. The maximum absolute atomic E-state index is 12.4. The molecule has 1 amide bonds. The second kappa shape index (κ2) is 8.20. The van der Waals surface area contributed by atoms with Crippen molar-refractivity contribution in [2.75, 3.05) is 11.9 Å². The van der Waals surface area contributed by atoms with Gasteiger partial charge in [0.15, 0.2) is 5.11 Å². The summed E-state index contributed by atoms with van der Waals surface area (Å²) < 4.78 is 5.42. The average molecular weight is 359 g/mol. The highest BCUT2D eigenvalue weighted by Crippen LogP contribution is 2.21. The molecule has 2 aromatic rings. The van der Waals surface area contributed by atoms with Gasteiger partial charge in [-0.25, -0.2) is 0 Å². The predicted octanol–water partition coefficient (Wildman–Crippen LogP) is 3.43. The lowest BCUT2D eigenvalue weighted by molar-refractivity contribution is -0.384. The Morgan fingerprint density at radius 1 is 1.28 bits per heavy atom. The number of non-ortho nitro benzene ring substituents is 1. The molecule has 2 N–H and O–H groups in total. The zero-order valence-corrected chi connectivity index (χ0v) is 14.6. The van der Waals surface area contributed by atoms with Crippen LogP contribution in [0.15, 0.2) is 42.5 Å². The Labute approximate surface area is 150 Å². The summed E-state index contributed by atoms with van der Waals surface area (Å²) >= 11 is 5.15. The summed E-state index contributed by atoms with van der Waals surface area (Å²) in [6, 6.07) is 11.2. The number of carbonyl (C=O) groups is 1. The van der Waals surface area contributed by atoms with Gasteiger partial charge < -0.3 is 10.1 Å². The lowest BCUT2D eigenvalue weighted by Gasteiger charge is -2.13. The number of para-hydroxylation sites is 1. The molecule has 0 radical (unpaired) electrons. The maximum atomic E-state index is 12.4. The number of hydrogen-bond acceptors (Lipinski definition) is 5. The first kappa shape index (κ1) is 18.3. The number of benzene rings is 2. The summed E-state index contributed by atoms with van der Waals surface area (Å²) in [6.07, 6.45) is 0. The Kier molecular flexibility index (Phi) is 6.02. The molecule has 0 aliphatic heterocycles. The Morgan fingerprint density at radius 3 is 2.64 bits per heavy atom. The standard InChI is InChI=1S/C17H17N3O4S/c1-3-24-15-7-5-4-6-13(15)16(21)19-17(25)18-14-9-8-12(20(22)23)10-11(14)2/h4-10H,3H2,1-2H3,(H2,18,19,21,25). The van der Waals surface area contributed by atoms with Gasteiger partial charge in [0, 0.05) is 17.8 Å². The molecule has 0 aromatic heterocycles. The number of amides is 1. The number of nitro groups is 1. The van der Waals surface area contributed by atoms with Crippen LogP contribution in [0.4, 0.5) is 11.4 Å². The summed E-state index contributed by atoms with van der Waals surface area (Å²) in [7, 11) is 0. The molecule has 2 rings (SSSR count). The van der Waals surface area contributed by atoms with E-state index >= 15 is 0 Å². The van der Waals surface area contributed by atoms with Crippen LogP contribution in [0, 0.1) is 17.0 Å². The number of nitrogens with zero attached hydrogens (tertiary/aromatic N) is 1. The van der Waals surface area contributed by atoms with Crippen LogP contribution in [0.25, 0.3) is 0 Å². The zero-order chi connectivity index (χ0) is 18.4. The van der Waals surface area contributed by atoms with E-state index in [9.17, 15) is 14.9 Å². The highest BCUT2D eigenvalue weighted by atomic mass is 32.1. The quantitative estimate of drug-likeness (QED) is 0.483. The molecule has 0 heterocycles. The van der Waals surface area contributed by atoms with Crippen molar-refractivity contribution in [3.8, 4) is 5.75 Å². The summed E-state index contributed by atoms with van der Waals surface area (Å²) in [6.45, 7) is 3.98. The zero-order valence-electron chi connectivity index (χ0n) is 13.7. The molecule has 0 unspecified atom stereocenters. The second-order valence-electron chi connectivity index (χ2n) is 5.09. The summed E-state index contributed by atoms with van der Waals surface area (Å²) in [4.78, 5) is 22.7. The van der Waals surface area contributed by atoms with E-state index in [1.54, 1.807) is 37.3 Å². The van der Waals surface area contributed by atoms with Crippen molar-refractivity contribution in [3.05, 3.63) is 63.7 Å². The number of carbonyl (C=O) groups excluding carboxylic acids is 1. The van der Waals surface area contributed by atoms with E-state index in [-0.39, 0.29) is 10.8 Å². The number of ether oxygens (including phenoxy) is 1. The molecule has 0 aliphatic carbocycles. The number of nitro benzene ring substituents is 1. The number of thiocarbonyl (C=S) groups is 1. The summed E-state index contributed by atoms with van der Waals surface area (Å²) in [5.74, 6) is 0.0675.